The average molecular weight is 315 g/mol. The van der Waals surface area contributed by atoms with Gasteiger partial charge in [0.15, 0.2) is 0 Å². The van der Waals surface area contributed by atoms with Crippen molar-refractivity contribution in [1.29, 1.82) is 0 Å². The van der Waals surface area contributed by atoms with Crippen LogP contribution in [0.15, 0.2) is 67.4 Å². The van der Waals surface area contributed by atoms with E-state index < -0.39 is 0 Å². The zero-order chi connectivity index (χ0) is 16.4. The average Bonchev–Trinajstić information content (AvgIpc) is 3.06. The first kappa shape index (κ1) is 14.4. The molecule has 0 unspecified atom stereocenters. The summed E-state index contributed by atoms with van der Waals surface area (Å²) in [7, 11) is 0. The maximum absolute atomic E-state index is 4.64. The third-order valence-corrected chi connectivity index (χ3v) is 4.00. The van der Waals surface area contributed by atoms with E-state index in [0.29, 0.717) is 6.54 Å². The van der Waals surface area contributed by atoms with Crippen molar-refractivity contribution in [3.8, 4) is 11.1 Å². The molecule has 0 aliphatic carbocycles. The number of nitrogens with one attached hydrogen (secondary N) is 1. The highest BCUT2D eigenvalue weighted by molar-refractivity contribution is 5.64. The molecule has 0 spiro atoms. The Bertz CT molecular complexity index is 958. The Balaban J connectivity index is 1.48. The minimum Gasteiger partial charge on any atom is -0.379 e. The molecule has 0 radical (unpaired) electrons. The number of pyridine rings is 1. The van der Waals surface area contributed by atoms with E-state index in [4.69, 9.17) is 0 Å². The molecule has 24 heavy (non-hydrogen) atoms. The summed E-state index contributed by atoms with van der Waals surface area (Å²) in [6.07, 6.45) is 7.24. The van der Waals surface area contributed by atoms with Crippen LogP contribution in [-0.2, 0) is 6.54 Å². The molecular formula is C19H17N5. The van der Waals surface area contributed by atoms with Gasteiger partial charge in [0, 0.05) is 35.5 Å². The molecule has 1 aromatic carbocycles. The maximum atomic E-state index is 4.64. The van der Waals surface area contributed by atoms with Crippen molar-refractivity contribution in [3.05, 3.63) is 78.8 Å². The lowest BCUT2D eigenvalue weighted by atomic mass is 10.1. The lowest BCUT2D eigenvalue weighted by molar-refractivity contribution is 1.06. The van der Waals surface area contributed by atoms with E-state index in [2.05, 4.69) is 68.1 Å². The van der Waals surface area contributed by atoms with Gasteiger partial charge in [-0.05, 0) is 36.8 Å². The number of rotatable bonds is 4. The molecule has 0 amide bonds. The number of nitrogens with zero attached hydrogens (tertiary/aromatic N) is 4. The van der Waals surface area contributed by atoms with Crippen molar-refractivity contribution in [2.75, 3.05) is 5.32 Å². The number of fused-ring (bicyclic) bond motifs is 1. The predicted octanol–water partition coefficient (Wildman–Crippen LogP) is 3.71. The molecule has 118 valence electrons. The Kier molecular flexibility index (Phi) is 3.67. The second kappa shape index (κ2) is 6.12. The van der Waals surface area contributed by atoms with Crippen LogP contribution >= 0.6 is 0 Å². The SMILES string of the molecule is Cc1cccc2nc(CNc3ccc(-c4cncnc4)cc3)cn12. The summed E-state index contributed by atoms with van der Waals surface area (Å²) in [6.45, 7) is 2.77. The smallest absolute Gasteiger partial charge is 0.137 e. The Hall–Kier alpha value is -3.21. The summed E-state index contributed by atoms with van der Waals surface area (Å²) in [6, 6.07) is 14.4. The molecule has 5 heteroatoms. The van der Waals surface area contributed by atoms with Gasteiger partial charge >= 0.3 is 0 Å². The third kappa shape index (κ3) is 2.84. The van der Waals surface area contributed by atoms with Gasteiger partial charge in [-0.1, -0.05) is 18.2 Å². The molecule has 0 atom stereocenters. The summed E-state index contributed by atoms with van der Waals surface area (Å²) in [4.78, 5) is 12.7. The number of hydrogen-bond donors (Lipinski definition) is 1. The molecule has 4 aromatic rings. The summed E-state index contributed by atoms with van der Waals surface area (Å²) >= 11 is 0. The lowest BCUT2D eigenvalue weighted by Gasteiger charge is -2.06. The lowest BCUT2D eigenvalue weighted by Crippen LogP contribution is -1.99. The fourth-order valence-electron chi connectivity index (χ4n) is 2.71. The largest absolute Gasteiger partial charge is 0.379 e. The number of imidazole rings is 1. The van der Waals surface area contributed by atoms with Crippen molar-refractivity contribution < 1.29 is 0 Å². The molecule has 0 fully saturated rings. The van der Waals surface area contributed by atoms with Crippen LogP contribution in [0.2, 0.25) is 0 Å². The van der Waals surface area contributed by atoms with E-state index in [-0.39, 0.29) is 0 Å². The highest BCUT2D eigenvalue weighted by Gasteiger charge is 2.03. The molecule has 0 aliphatic heterocycles. The van der Waals surface area contributed by atoms with Crippen molar-refractivity contribution in [3.63, 3.8) is 0 Å². The van der Waals surface area contributed by atoms with Gasteiger partial charge in [0.2, 0.25) is 0 Å². The summed E-state index contributed by atoms with van der Waals surface area (Å²) < 4.78 is 2.11. The van der Waals surface area contributed by atoms with Crippen LogP contribution in [-0.4, -0.2) is 19.4 Å². The predicted molar refractivity (Wildman–Crippen MR) is 94.7 cm³/mol. The van der Waals surface area contributed by atoms with Gasteiger partial charge in [-0.3, -0.25) is 0 Å². The van der Waals surface area contributed by atoms with Gasteiger partial charge < -0.3 is 9.72 Å². The van der Waals surface area contributed by atoms with Gasteiger partial charge in [0.25, 0.3) is 0 Å². The van der Waals surface area contributed by atoms with Crippen LogP contribution in [0.1, 0.15) is 11.4 Å². The van der Waals surface area contributed by atoms with E-state index in [0.717, 1.165) is 28.2 Å². The van der Waals surface area contributed by atoms with E-state index in [1.807, 2.05) is 24.5 Å². The maximum Gasteiger partial charge on any atom is 0.137 e. The Morgan fingerprint density at radius 2 is 1.75 bits per heavy atom. The molecule has 4 rings (SSSR count). The molecule has 0 aliphatic rings. The van der Waals surface area contributed by atoms with Crippen LogP contribution in [0.3, 0.4) is 0 Å². The second-order valence-electron chi connectivity index (χ2n) is 5.69. The highest BCUT2D eigenvalue weighted by Crippen LogP contribution is 2.20. The number of aromatic nitrogens is 4. The van der Waals surface area contributed by atoms with Crippen molar-refractivity contribution in [2.24, 2.45) is 0 Å². The summed E-state index contributed by atoms with van der Waals surface area (Å²) in [5.41, 5.74) is 6.35. The molecule has 0 saturated carbocycles. The minimum atomic E-state index is 0.689. The van der Waals surface area contributed by atoms with Gasteiger partial charge in [-0.25, -0.2) is 15.0 Å². The zero-order valence-corrected chi connectivity index (χ0v) is 13.3. The molecule has 3 aromatic heterocycles. The number of benzene rings is 1. The van der Waals surface area contributed by atoms with E-state index in [1.165, 1.54) is 12.0 Å². The second-order valence-corrected chi connectivity index (χ2v) is 5.69. The van der Waals surface area contributed by atoms with Crippen LogP contribution in [0, 0.1) is 6.92 Å². The Morgan fingerprint density at radius 1 is 0.958 bits per heavy atom. The van der Waals surface area contributed by atoms with Crippen LogP contribution in [0.4, 0.5) is 5.69 Å². The minimum absolute atomic E-state index is 0.689. The quantitative estimate of drug-likeness (QED) is 0.624. The normalized spacial score (nSPS) is 10.9. The molecule has 1 N–H and O–H groups in total. The molecular weight excluding hydrogens is 298 g/mol. The summed E-state index contributed by atoms with van der Waals surface area (Å²) in [5.74, 6) is 0. The Morgan fingerprint density at radius 3 is 2.50 bits per heavy atom. The van der Waals surface area contributed by atoms with Gasteiger partial charge in [-0.15, -0.1) is 0 Å². The zero-order valence-electron chi connectivity index (χ0n) is 13.3. The van der Waals surface area contributed by atoms with Gasteiger partial charge in [0.1, 0.15) is 12.0 Å². The standard InChI is InChI=1S/C19H17N5/c1-14-3-2-4-19-23-18(12-24(14)19)11-22-17-7-5-15(6-8-17)16-9-20-13-21-10-16/h2-10,12-13,22H,11H2,1H3. The third-order valence-electron chi connectivity index (χ3n) is 4.00. The number of anilines is 1. The van der Waals surface area contributed by atoms with Crippen LogP contribution in [0.25, 0.3) is 16.8 Å². The monoisotopic (exact) mass is 315 g/mol. The first-order valence-corrected chi connectivity index (χ1v) is 7.82. The van der Waals surface area contributed by atoms with E-state index >= 15 is 0 Å². The van der Waals surface area contributed by atoms with E-state index in [9.17, 15) is 0 Å². The molecule has 5 nitrogen and oxygen atoms in total. The molecule has 0 bridgehead atoms. The fourth-order valence-corrected chi connectivity index (χ4v) is 2.71. The molecule has 3 heterocycles. The highest BCUT2D eigenvalue weighted by atomic mass is 15.0. The van der Waals surface area contributed by atoms with Crippen LogP contribution < -0.4 is 5.32 Å². The molecule has 0 saturated heterocycles. The first-order chi connectivity index (χ1) is 11.8. The van der Waals surface area contributed by atoms with Crippen LogP contribution in [0.5, 0.6) is 0 Å². The Labute approximate surface area is 140 Å². The number of aryl methyl sites for hydroxylation is 1. The van der Waals surface area contributed by atoms with Crippen molar-refractivity contribution >= 4 is 11.3 Å². The number of hydrogen-bond acceptors (Lipinski definition) is 4. The van der Waals surface area contributed by atoms with Crippen molar-refractivity contribution in [2.45, 2.75) is 13.5 Å². The first-order valence-electron chi connectivity index (χ1n) is 7.82. The fraction of sp³-hybridized carbons (Fsp3) is 0.105. The summed E-state index contributed by atoms with van der Waals surface area (Å²) in [5, 5.41) is 3.41. The van der Waals surface area contributed by atoms with Gasteiger partial charge in [-0.2, -0.15) is 0 Å². The topological polar surface area (TPSA) is 55.1 Å². The van der Waals surface area contributed by atoms with Crippen molar-refractivity contribution in [1.82, 2.24) is 19.4 Å². The van der Waals surface area contributed by atoms with Gasteiger partial charge in [0.05, 0.1) is 12.2 Å². The van der Waals surface area contributed by atoms with E-state index in [1.54, 1.807) is 0 Å².